The fourth-order valence-electron chi connectivity index (χ4n) is 0.599. The first-order valence-corrected chi connectivity index (χ1v) is 4.21. The molecule has 0 aromatic heterocycles. The first kappa shape index (κ1) is 8.69. The van der Waals surface area contributed by atoms with Crippen LogP contribution in [-0.2, 0) is 0 Å². The largest absolute Gasteiger partial charge is 0.396 e. The van der Waals surface area contributed by atoms with Gasteiger partial charge in [-0.05, 0) is 5.92 Å². The number of aliphatic hydroxyl groups excluding tert-OH is 1. The molecule has 0 saturated heterocycles. The molecule has 0 aliphatic carbocycles. The summed E-state index contributed by atoms with van der Waals surface area (Å²) < 4.78 is 0.600. The van der Waals surface area contributed by atoms with E-state index in [0.29, 0.717) is 16.4 Å². The first-order chi connectivity index (χ1) is 3.72. The van der Waals surface area contributed by atoms with Crippen molar-refractivity contribution >= 4 is 22.6 Å². The normalized spacial score (nSPS) is 18.0. The first-order valence-electron chi connectivity index (χ1n) is 2.97. The maximum absolute atomic E-state index is 8.69. The SMILES string of the molecule is CCC(CO)C(C)I. The molecule has 0 aliphatic heterocycles. The van der Waals surface area contributed by atoms with Crippen LogP contribution in [-0.4, -0.2) is 15.6 Å². The summed E-state index contributed by atoms with van der Waals surface area (Å²) in [7, 11) is 0. The van der Waals surface area contributed by atoms with E-state index in [1.807, 2.05) is 0 Å². The van der Waals surface area contributed by atoms with E-state index in [1.165, 1.54) is 0 Å². The van der Waals surface area contributed by atoms with E-state index >= 15 is 0 Å². The van der Waals surface area contributed by atoms with Gasteiger partial charge in [0.15, 0.2) is 0 Å². The van der Waals surface area contributed by atoms with Crippen molar-refractivity contribution in [3.8, 4) is 0 Å². The van der Waals surface area contributed by atoms with Crippen LogP contribution in [0.3, 0.4) is 0 Å². The second-order valence-electron chi connectivity index (χ2n) is 2.03. The molecule has 1 N–H and O–H groups in total. The van der Waals surface area contributed by atoms with Gasteiger partial charge in [0.2, 0.25) is 0 Å². The van der Waals surface area contributed by atoms with Crippen LogP contribution in [0.5, 0.6) is 0 Å². The van der Waals surface area contributed by atoms with Gasteiger partial charge in [-0.25, -0.2) is 0 Å². The van der Waals surface area contributed by atoms with Crippen LogP contribution >= 0.6 is 22.6 Å². The van der Waals surface area contributed by atoms with E-state index in [4.69, 9.17) is 5.11 Å². The number of aliphatic hydroxyl groups is 1. The van der Waals surface area contributed by atoms with Crippen molar-refractivity contribution in [2.45, 2.75) is 24.2 Å². The average molecular weight is 228 g/mol. The van der Waals surface area contributed by atoms with E-state index < -0.39 is 0 Å². The molecule has 0 bridgehead atoms. The molecule has 0 heterocycles. The highest BCUT2D eigenvalue weighted by Crippen LogP contribution is 2.14. The Labute approximate surface area is 64.6 Å². The molecule has 8 heavy (non-hydrogen) atoms. The molecule has 2 atom stereocenters. The summed E-state index contributed by atoms with van der Waals surface area (Å²) in [6, 6.07) is 0. The Hall–Kier alpha value is 0.690. The van der Waals surface area contributed by atoms with Crippen LogP contribution in [0.15, 0.2) is 0 Å². The fourth-order valence-corrected chi connectivity index (χ4v) is 1.34. The highest BCUT2D eigenvalue weighted by atomic mass is 127. The number of alkyl halides is 1. The molecule has 0 aromatic carbocycles. The van der Waals surface area contributed by atoms with Crippen LogP contribution in [0.2, 0.25) is 0 Å². The maximum atomic E-state index is 8.69. The second-order valence-corrected chi connectivity index (χ2v) is 3.99. The lowest BCUT2D eigenvalue weighted by atomic mass is 10.1. The maximum Gasteiger partial charge on any atom is 0.0469 e. The topological polar surface area (TPSA) is 20.2 Å². The molecular weight excluding hydrogens is 215 g/mol. The monoisotopic (exact) mass is 228 g/mol. The summed E-state index contributed by atoms with van der Waals surface area (Å²) in [5, 5.41) is 8.69. The molecule has 0 aromatic rings. The van der Waals surface area contributed by atoms with Crippen LogP contribution in [0, 0.1) is 5.92 Å². The quantitative estimate of drug-likeness (QED) is 0.577. The molecule has 2 heteroatoms. The molecule has 1 nitrogen and oxygen atoms in total. The third-order valence-electron chi connectivity index (χ3n) is 1.41. The Balaban J connectivity index is 3.35. The van der Waals surface area contributed by atoms with Gasteiger partial charge >= 0.3 is 0 Å². The third kappa shape index (κ3) is 2.87. The summed E-state index contributed by atoms with van der Waals surface area (Å²) in [5.74, 6) is 0.496. The summed E-state index contributed by atoms with van der Waals surface area (Å²) in [4.78, 5) is 0. The van der Waals surface area contributed by atoms with Crippen LogP contribution < -0.4 is 0 Å². The van der Waals surface area contributed by atoms with Crippen molar-refractivity contribution in [1.29, 1.82) is 0 Å². The molecule has 0 fully saturated rings. The lowest BCUT2D eigenvalue weighted by molar-refractivity contribution is 0.225. The smallest absolute Gasteiger partial charge is 0.0469 e. The molecule has 0 radical (unpaired) electrons. The van der Waals surface area contributed by atoms with E-state index in [-0.39, 0.29) is 0 Å². The Morgan fingerprint density at radius 2 is 2.12 bits per heavy atom. The minimum absolute atomic E-state index is 0.334. The summed E-state index contributed by atoms with van der Waals surface area (Å²) in [5.41, 5.74) is 0. The van der Waals surface area contributed by atoms with Crippen molar-refractivity contribution in [2.24, 2.45) is 5.92 Å². The molecule has 50 valence electrons. The summed E-state index contributed by atoms with van der Waals surface area (Å²) >= 11 is 2.34. The van der Waals surface area contributed by atoms with Gasteiger partial charge in [0.25, 0.3) is 0 Å². The van der Waals surface area contributed by atoms with Gasteiger partial charge in [0.05, 0.1) is 0 Å². The predicted octanol–water partition coefficient (Wildman–Crippen LogP) is 1.83. The number of halogens is 1. The zero-order valence-corrected chi connectivity index (χ0v) is 7.55. The van der Waals surface area contributed by atoms with Crippen molar-refractivity contribution < 1.29 is 5.11 Å². The van der Waals surface area contributed by atoms with Gasteiger partial charge < -0.3 is 5.11 Å². The predicted molar refractivity (Wildman–Crippen MR) is 44.3 cm³/mol. The van der Waals surface area contributed by atoms with Crippen molar-refractivity contribution in [3.63, 3.8) is 0 Å². The lowest BCUT2D eigenvalue weighted by Gasteiger charge is -2.12. The van der Waals surface area contributed by atoms with Gasteiger partial charge in [0, 0.05) is 10.5 Å². The minimum atomic E-state index is 0.334. The lowest BCUT2D eigenvalue weighted by Crippen LogP contribution is -2.13. The van der Waals surface area contributed by atoms with Crippen LogP contribution in [0.1, 0.15) is 20.3 Å². The second kappa shape index (κ2) is 4.56. The van der Waals surface area contributed by atoms with E-state index in [2.05, 4.69) is 36.4 Å². The van der Waals surface area contributed by atoms with Crippen molar-refractivity contribution in [3.05, 3.63) is 0 Å². The van der Waals surface area contributed by atoms with Crippen LogP contribution in [0.25, 0.3) is 0 Å². The van der Waals surface area contributed by atoms with Gasteiger partial charge in [-0.2, -0.15) is 0 Å². The number of rotatable bonds is 3. The highest BCUT2D eigenvalue weighted by Gasteiger charge is 2.09. The molecule has 0 spiro atoms. The standard InChI is InChI=1S/C6H13IO/c1-3-6(4-8)5(2)7/h5-6,8H,3-4H2,1-2H3. The van der Waals surface area contributed by atoms with E-state index in [9.17, 15) is 0 Å². The van der Waals surface area contributed by atoms with E-state index in [0.717, 1.165) is 6.42 Å². The van der Waals surface area contributed by atoms with Gasteiger partial charge in [0.1, 0.15) is 0 Å². The molecule has 0 amide bonds. The highest BCUT2D eigenvalue weighted by molar-refractivity contribution is 14.1. The number of hydrogen-bond acceptors (Lipinski definition) is 1. The Bertz CT molecular complexity index is 50.5. The van der Waals surface area contributed by atoms with Crippen LogP contribution in [0.4, 0.5) is 0 Å². The van der Waals surface area contributed by atoms with Crippen molar-refractivity contribution in [2.75, 3.05) is 6.61 Å². The van der Waals surface area contributed by atoms with Gasteiger partial charge in [-0.1, -0.05) is 42.9 Å². The van der Waals surface area contributed by atoms with Gasteiger partial charge in [-0.15, -0.1) is 0 Å². The molecule has 2 unspecified atom stereocenters. The third-order valence-corrected chi connectivity index (χ3v) is 2.43. The van der Waals surface area contributed by atoms with E-state index in [1.54, 1.807) is 0 Å². The zero-order chi connectivity index (χ0) is 6.57. The van der Waals surface area contributed by atoms with Crippen molar-refractivity contribution in [1.82, 2.24) is 0 Å². The number of hydrogen-bond donors (Lipinski definition) is 1. The molecule has 0 aliphatic rings. The zero-order valence-electron chi connectivity index (χ0n) is 5.39. The Morgan fingerprint density at radius 3 is 2.12 bits per heavy atom. The van der Waals surface area contributed by atoms with Gasteiger partial charge in [-0.3, -0.25) is 0 Å². The summed E-state index contributed by atoms with van der Waals surface area (Å²) in [6.45, 7) is 4.57. The molecule has 0 rings (SSSR count). The Kier molecular flexibility index (Phi) is 4.95. The minimum Gasteiger partial charge on any atom is -0.396 e. The fraction of sp³-hybridized carbons (Fsp3) is 1.00. The summed E-state index contributed by atoms with van der Waals surface area (Å²) in [6.07, 6.45) is 1.08. The molecule has 0 saturated carbocycles. The average Bonchev–Trinajstić information content (AvgIpc) is 1.69. The molecular formula is C6H13IO. The Morgan fingerprint density at radius 1 is 1.62 bits per heavy atom.